The molecule has 0 saturated carbocycles. The molecule has 1 amide bonds. The first-order valence-electron chi connectivity index (χ1n) is 8.71. The zero-order chi connectivity index (χ0) is 18.6. The molecule has 2 N–H and O–H groups in total. The van der Waals surface area contributed by atoms with E-state index in [2.05, 4.69) is 24.1 Å². The van der Waals surface area contributed by atoms with E-state index in [0.29, 0.717) is 12.2 Å². The molecule has 0 bridgehead atoms. The van der Waals surface area contributed by atoms with Crippen LogP contribution < -0.4 is 5.32 Å². The number of fused-ring (bicyclic) bond motifs is 1. The summed E-state index contributed by atoms with van der Waals surface area (Å²) in [5, 5.41) is 14.9. The molecule has 0 unspecified atom stereocenters. The summed E-state index contributed by atoms with van der Waals surface area (Å²) in [5.74, 6) is 0.261. The number of amides is 1. The maximum atomic E-state index is 12.0. The molecule has 0 spiro atoms. The molecule has 0 aliphatic carbocycles. The number of carbonyl (C=O) groups excluding carboxylic acids is 1. The maximum absolute atomic E-state index is 12.0. The highest BCUT2D eigenvalue weighted by atomic mass is 16.6. The summed E-state index contributed by atoms with van der Waals surface area (Å²) in [7, 11) is 0. The largest absolute Gasteiger partial charge is 0.507 e. The molecule has 2 aromatic rings. The number of rotatable bonds is 5. The Morgan fingerprint density at radius 1 is 1.12 bits per heavy atom. The highest BCUT2D eigenvalue weighted by Crippen LogP contribution is 2.33. The molecule has 2 aromatic carbocycles. The van der Waals surface area contributed by atoms with Crippen LogP contribution >= 0.6 is 0 Å². The highest BCUT2D eigenvalue weighted by molar-refractivity contribution is 6.02. The van der Waals surface area contributed by atoms with E-state index in [1.54, 1.807) is 6.07 Å². The number of phenolic OH excluding ortho intramolecular Hbond substituents is 1. The monoisotopic (exact) mass is 344 g/mol. The number of carbonyl (C=O) groups is 1. The third-order valence-corrected chi connectivity index (χ3v) is 4.04. The number of phenols is 1. The van der Waals surface area contributed by atoms with Gasteiger partial charge in [0.2, 0.25) is 0 Å². The Morgan fingerprint density at radius 3 is 2.40 bits per heavy atom. The van der Waals surface area contributed by atoms with Crippen LogP contribution in [0.1, 0.15) is 40.2 Å². The molecule has 5 nitrogen and oxygen atoms in total. The van der Waals surface area contributed by atoms with Crippen molar-refractivity contribution in [3.63, 3.8) is 0 Å². The number of anilines is 1. The van der Waals surface area contributed by atoms with E-state index in [9.17, 15) is 9.90 Å². The molecular weight excluding hydrogens is 316 g/mol. The Bertz CT molecular complexity index is 746. The van der Waals surface area contributed by atoms with Crippen LogP contribution in [0, 0.1) is 0 Å². The first-order valence-corrected chi connectivity index (χ1v) is 8.71. The van der Waals surface area contributed by atoms with Gasteiger partial charge in [0, 0.05) is 22.9 Å². The van der Waals surface area contributed by atoms with Crippen LogP contribution in [0.5, 0.6) is 5.75 Å². The number of hydrogen-bond donors (Lipinski definition) is 2. The van der Waals surface area contributed by atoms with Crippen LogP contribution in [0.15, 0.2) is 30.3 Å². The first kappa shape index (κ1) is 19.1. The molecule has 136 valence electrons. The zero-order valence-electron chi connectivity index (χ0n) is 15.7. The lowest BCUT2D eigenvalue weighted by Crippen LogP contribution is -2.27. The van der Waals surface area contributed by atoms with Gasteiger partial charge in [0.05, 0.1) is 5.69 Å². The van der Waals surface area contributed by atoms with E-state index >= 15 is 0 Å². The smallest absolute Gasteiger partial charge is 0.412 e. The van der Waals surface area contributed by atoms with Gasteiger partial charge in [-0.05, 0) is 39.9 Å². The molecule has 0 saturated heterocycles. The van der Waals surface area contributed by atoms with Gasteiger partial charge in [-0.15, -0.1) is 0 Å². The molecule has 0 radical (unpaired) electrons. The topological polar surface area (TPSA) is 61.8 Å². The first-order chi connectivity index (χ1) is 11.7. The van der Waals surface area contributed by atoms with E-state index < -0.39 is 11.7 Å². The summed E-state index contributed by atoms with van der Waals surface area (Å²) in [6.45, 7) is 12.2. The molecule has 0 aliphatic rings. The highest BCUT2D eigenvalue weighted by Gasteiger charge is 2.18. The number of benzene rings is 2. The second-order valence-electron chi connectivity index (χ2n) is 7.06. The average molecular weight is 344 g/mol. The Morgan fingerprint density at radius 2 is 1.80 bits per heavy atom. The predicted octanol–water partition coefficient (Wildman–Crippen LogP) is 4.73. The van der Waals surface area contributed by atoms with Gasteiger partial charge in [-0.2, -0.15) is 0 Å². The lowest BCUT2D eigenvalue weighted by molar-refractivity contribution is 0.0636. The zero-order valence-corrected chi connectivity index (χ0v) is 15.7. The van der Waals surface area contributed by atoms with Gasteiger partial charge in [-0.3, -0.25) is 10.2 Å². The van der Waals surface area contributed by atoms with Crippen molar-refractivity contribution in [2.45, 2.75) is 46.8 Å². The number of ether oxygens (including phenoxy) is 1. The quantitative estimate of drug-likeness (QED) is 0.823. The molecule has 0 atom stereocenters. The van der Waals surface area contributed by atoms with Gasteiger partial charge < -0.3 is 9.84 Å². The predicted molar refractivity (Wildman–Crippen MR) is 102 cm³/mol. The summed E-state index contributed by atoms with van der Waals surface area (Å²) < 4.78 is 5.31. The minimum Gasteiger partial charge on any atom is -0.507 e. The molecule has 0 aromatic heterocycles. The Hall–Kier alpha value is -2.27. The minimum atomic E-state index is -0.562. The van der Waals surface area contributed by atoms with Gasteiger partial charge in [0.15, 0.2) is 0 Å². The van der Waals surface area contributed by atoms with Gasteiger partial charge in [-0.1, -0.05) is 38.1 Å². The fourth-order valence-corrected chi connectivity index (χ4v) is 2.73. The molecule has 0 heterocycles. The van der Waals surface area contributed by atoms with Crippen LogP contribution in [0.3, 0.4) is 0 Å². The van der Waals surface area contributed by atoms with E-state index in [1.807, 2.05) is 45.0 Å². The summed E-state index contributed by atoms with van der Waals surface area (Å²) in [6.07, 6.45) is -0.508. The van der Waals surface area contributed by atoms with Crippen molar-refractivity contribution < 1.29 is 14.6 Å². The Balaban J connectivity index is 2.33. The normalized spacial score (nSPS) is 11.8. The van der Waals surface area contributed by atoms with Gasteiger partial charge in [0.25, 0.3) is 0 Å². The maximum Gasteiger partial charge on any atom is 0.412 e. The third kappa shape index (κ3) is 4.86. The van der Waals surface area contributed by atoms with Crippen molar-refractivity contribution in [3.05, 3.63) is 35.9 Å². The molecular formula is C20H28N2O3. The summed E-state index contributed by atoms with van der Waals surface area (Å²) in [5.41, 5.74) is 0.940. The van der Waals surface area contributed by atoms with Crippen molar-refractivity contribution in [2.24, 2.45) is 0 Å². The van der Waals surface area contributed by atoms with Gasteiger partial charge in [-0.25, -0.2) is 4.79 Å². The minimum absolute atomic E-state index is 0.261. The van der Waals surface area contributed by atoms with Crippen LogP contribution in [-0.2, 0) is 11.3 Å². The van der Waals surface area contributed by atoms with Crippen LogP contribution in [0.4, 0.5) is 10.5 Å². The standard InChI is InChI=1S/C20H28N2O3/c1-6-22(7-2)13-14-11-12-15-16(18(14)23)9-8-10-17(15)21-19(24)25-20(3,4)5/h8-12,23H,6-7,13H2,1-5H3,(H,21,24). The van der Waals surface area contributed by atoms with Crippen LogP contribution in [-0.4, -0.2) is 34.8 Å². The van der Waals surface area contributed by atoms with Crippen molar-refractivity contribution in [2.75, 3.05) is 18.4 Å². The Labute approximate surface area is 149 Å². The summed E-state index contributed by atoms with van der Waals surface area (Å²) in [6, 6.07) is 9.32. The third-order valence-electron chi connectivity index (χ3n) is 4.04. The number of hydrogen-bond acceptors (Lipinski definition) is 4. The van der Waals surface area contributed by atoms with E-state index in [0.717, 1.165) is 29.4 Å². The molecule has 25 heavy (non-hydrogen) atoms. The van der Waals surface area contributed by atoms with Crippen molar-refractivity contribution >= 4 is 22.6 Å². The Kier molecular flexibility index (Phi) is 5.90. The van der Waals surface area contributed by atoms with Crippen molar-refractivity contribution in [3.8, 4) is 5.75 Å². The second-order valence-corrected chi connectivity index (χ2v) is 7.06. The number of aromatic hydroxyl groups is 1. The van der Waals surface area contributed by atoms with E-state index in [-0.39, 0.29) is 5.75 Å². The van der Waals surface area contributed by atoms with Crippen LogP contribution in [0.25, 0.3) is 10.8 Å². The van der Waals surface area contributed by atoms with Gasteiger partial charge >= 0.3 is 6.09 Å². The molecule has 0 fully saturated rings. The van der Waals surface area contributed by atoms with E-state index in [4.69, 9.17) is 4.74 Å². The van der Waals surface area contributed by atoms with Crippen LogP contribution in [0.2, 0.25) is 0 Å². The average Bonchev–Trinajstić information content (AvgIpc) is 2.53. The SMILES string of the molecule is CCN(CC)Cc1ccc2c(NC(=O)OC(C)(C)C)cccc2c1O. The molecule has 5 heteroatoms. The number of nitrogens with one attached hydrogen (secondary N) is 1. The lowest BCUT2D eigenvalue weighted by atomic mass is 10.0. The van der Waals surface area contributed by atoms with Crippen molar-refractivity contribution in [1.82, 2.24) is 4.90 Å². The summed E-state index contributed by atoms with van der Waals surface area (Å²) in [4.78, 5) is 14.3. The molecule has 0 aliphatic heterocycles. The van der Waals surface area contributed by atoms with E-state index in [1.165, 1.54) is 0 Å². The van der Waals surface area contributed by atoms with Crippen molar-refractivity contribution in [1.29, 1.82) is 0 Å². The fourth-order valence-electron chi connectivity index (χ4n) is 2.73. The number of nitrogens with zero attached hydrogens (tertiary/aromatic N) is 1. The lowest BCUT2D eigenvalue weighted by Gasteiger charge is -2.21. The fraction of sp³-hybridized carbons (Fsp3) is 0.450. The van der Waals surface area contributed by atoms with Gasteiger partial charge in [0.1, 0.15) is 11.4 Å². The molecule has 2 rings (SSSR count). The summed E-state index contributed by atoms with van der Waals surface area (Å²) >= 11 is 0. The second kappa shape index (κ2) is 7.74.